The number of hydrogen-bond donors (Lipinski definition) is 0. The zero-order valence-corrected chi connectivity index (χ0v) is 18.7. The number of anilines is 1. The normalized spacial score (nSPS) is 16.1. The number of thiazole rings is 1. The highest BCUT2D eigenvalue weighted by Crippen LogP contribution is 2.38. The Morgan fingerprint density at radius 3 is 2.45 bits per heavy atom. The van der Waals surface area contributed by atoms with Crippen molar-refractivity contribution in [2.45, 2.75) is 13.0 Å². The summed E-state index contributed by atoms with van der Waals surface area (Å²) in [6, 6.07) is 9.98. The third kappa shape index (κ3) is 3.44. The molecule has 1 amide bonds. The van der Waals surface area contributed by atoms with Crippen molar-refractivity contribution in [3.05, 3.63) is 41.5 Å². The van der Waals surface area contributed by atoms with E-state index in [0.717, 1.165) is 45.4 Å². The Kier molecular flexibility index (Phi) is 5.09. The topological polar surface area (TPSA) is 64.1 Å². The van der Waals surface area contributed by atoms with Gasteiger partial charge in [0.1, 0.15) is 11.3 Å². The molecule has 1 fully saturated rings. The molecular formula is C23H25N3O4S. The summed E-state index contributed by atoms with van der Waals surface area (Å²) in [4.78, 5) is 22.0. The molecule has 31 heavy (non-hydrogen) atoms. The molecule has 162 valence electrons. The molecule has 0 bridgehead atoms. The molecule has 0 unspecified atom stereocenters. The average Bonchev–Trinajstić information content (AvgIpc) is 3.20. The number of hydrogen-bond acceptors (Lipinski definition) is 7. The monoisotopic (exact) mass is 439 g/mol. The summed E-state index contributed by atoms with van der Waals surface area (Å²) in [5.41, 5.74) is 3.24. The van der Waals surface area contributed by atoms with Crippen LogP contribution in [0.4, 0.5) is 5.13 Å². The molecule has 0 atom stereocenters. The summed E-state index contributed by atoms with van der Waals surface area (Å²) in [7, 11) is 4.94. The maximum Gasteiger partial charge on any atom is 0.229 e. The van der Waals surface area contributed by atoms with Gasteiger partial charge in [-0.05, 0) is 41.8 Å². The van der Waals surface area contributed by atoms with Crippen molar-refractivity contribution >= 4 is 32.6 Å². The summed E-state index contributed by atoms with van der Waals surface area (Å²) >= 11 is 1.64. The number of amides is 1. The predicted octanol–water partition coefficient (Wildman–Crippen LogP) is 3.34. The molecule has 0 radical (unpaired) electrons. The first-order chi connectivity index (χ1) is 15.1. The van der Waals surface area contributed by atoms with E-state index in [4.69, 9.17) is 19.2 Å². The lowest BCUT2D eigenvalue weighted by Gasteiger charge is -2.41. The number of aromatic nitrogens is 1. The highest BCUT2D eigenvalue weighted by molar-refractivity contribution is 7.22. The number of nitrogens with zero attached hydrogens (tertiary/aromatic N) is 3. The van der Waals surface area contributed by atoms with E-state index in [-0.39, 0.29) is 11.8 Å². The van der Waals surface area contributed by atoms with E-state index in [2.05, 4.69) is 11.0 Å². The van der Waals surface area contributed by atoms with Crippen LogP contribution in [-0.4, -0.2) is 56.8 Å². The first kappa shape index (κ1) is 19.9. The van der Waals surface area contributed by atoms with E-state index < -0.39 is 0 Å². The molecule has 1 aromatic heterocycles. The minimum Gasteiger partial charge on any atom is -0.494 e. The molecule has 0 spiro atoms. The number of para-hydroxylation sites is 1. The van der Waals surface area contributed by atoms with Crippen LogP contribution in [0.5, 0.6) is 17.2 Å². The molecule has 0 saturated carbocycles. The van der Waals surface area contributed by atoms with Crippen LogP contribution in [0.25, 0.3) is 10.2 Å². The molecule has 5 rings (SSSR count). The Balaban J connectivity index is 1.26. The zero-order chi connectivity index (χ0) is 21.5. The van der Waals surface area contributed by atoms with Crippen molar-refractivity contribution < 1.29 is 19.0 Å². The lowest BCUT2D eigenvalue weighted by molar-refractivity contribution is -0.137. The summed E-state index contributed by atoms with van der Waals surface area (Å²) in [6.45, 7) is 2.76. The van der Waals surface area contributed by atoms with Gasteiger partial charge in [-0.25, -0.2) is 4.98 Å². The predicted molar refractivity (Wildman–Crippen MR) is 121 cm³/mol. The van der Waals surface area contributed by atoms with Gasteiger partial charge in [0.15, 0.2) is 16.6 Å². The smallest absolute Gasteiger partial charge is 0.229 e. The van der Waals surface area contributed by atoms with Crippen LogP contribution in [0.1, 0.15) is 11.1 Å². The van der Waals surface area contributed by atoms with Crippen molar-refractivity contribution in [3.63, 3.8) is 0 Å². The zero-order valence-electron chi connectivity index (χ0n) is 17.9. The minimum absolute atomic E-state index is 0.00982. The highest BCUT2D eigenvalue weighted by Gasteiger charge is 2.38. The average molecular weight is 440 g/mol. The van der Waals surface area contributed by atoms with Crippen molar-refractivity contribution in [2.75, 3.05) is 45.9 Å². The number of methoxy groups -OCH3 is 3. The largest absolute Gasteiger partial charge is 0.494 e. The van der Waals surface area contributed by atoms with Crippen LogP contribution in [-0.2, 0) is 17.8 Å². The van der Waals surface area contributed by atoms with Gasteiger partial charge in [-0.3, -0.25) is 4.79 Å². The number of ether oxygens (including phenoxy) is 3. The fourth-order valence-corrected chi connectivity index (χ4v) is 5.33. The van der Waals surface area contributed by atoms with E-state index in [1.165, 1.54) is 5.56 Å². The molecule has 2 aliphatic heterocycles. The Morgan fingerprint density at radius 1 is 1.03 bits per heavy atom. The Labute approximate surface area is 185 Å². The number of carbonyl (C=O) groups excluding carboxylic acids is 1. The number of benzene rings is 2. The molecule has 0 N–H and O–H groups in total. The van der Waals surface area contributed by atoms with Crippen molar-refractivity contribution in [1.82, 2.24) is 9.88 Å². The number of rotatable bonds is 5. The van der Waals surface area contributed by atoms with Gasteiger partial charge in [-0.1, -0.05) is 17.4 Å². The molecule has 3 aromatic rings. The molecule has 0 aliphatic carbocycles. The summed E-state index contributed by atoms with van der Waals surface area (Å²) in [5.74, 6) is 2.46. The third-order valence-corrected chi connectivity index (χ3v) is 7.20. The van der Waals surface area contributed by atoms with Gasteiger partial charge in [-0.15, -0.1) is 0 Å². The first-order valence-electron chi connectivity index (χ1n) is 10.3. The van der Waals surface area contributed by atoms with Gasteiger partial charge in [-0.2, -0.15) is 0 Å². The maximum absolute atomic E-state index is 13.1. The Bertz CT molecular complexity index is 1140. The van der Waals surface area contributed by atoms with Crippen LogP contribution < -0.4 is 19.1 Å². The standard InChI is InChI=1S/C23H25N3O4S/c1-28-17-5-4-6-20-21(17)24-23(31-20)26-12-16(13-26)22(27)25-8-7-14-9-18(29-2)19(30-3)10-15(14)11-25/h4-6,9-10,16H,7-8,11-13H2,1-3H3. The van der Waals surface area contributed by atoms with Crippen molar-refractivity contribution in [3.8, 4) is 17.2 Å². The van der Waals surface area contributed by atoms with Gasteiger partial charge in [0.2, 0.25) is 5.91 Å². The highest BCUT2D eigenvalue weighted by atomic mass is 32.1. The van der Waals surface area contributed by atoms with Gasteiger partial charge in [0.05, 0.1) is 31.9 Å². The van der Waals surface area contributed by atoms with E-state index in [0.29, 0.717) is 25.4 Å². The van der Waals surface area contributed by atoms with Crippen LogP contribution >= 0.6 is 11.3 Å². The van der Waals surface area contributed by atoms with E-state index in [9.17, 15) is 4.79 Å². The molecule has 7 nitrogen and oxygen atoms in total. The fourth-order valence-electron chi connectivity index (χ4n) is 4.33. The van der Waals surface area contributed by atoms with Crippen LogP contribution in [0.15, 0.2) is 30.3 Å². The SMILES string of the molecule is COc1cc2c(cc1OC)CN(C(=O)C1CN(c3nc4c(OC)cccc4s3)C1)CC2. The Hall–Kier alpha value is -3.00. The summed E-state index contributed by atoms with van der Waals surface area (Å²) in [5, 5.41) is 0.948. The molecule has 2 aliphatic rings. The van der Waals surface area contributed by atoms with E-state index in [1.54, 1.807) is 32.7 Å². The molecule has 3 heterocycles. The lowest BCUT2D eigenvalue weighted by atomic mass is 9.94. The quantitative estimate of drug-likeness (QED) is 0.608. The van der Waals surface area contributed by atoms with E-state index >= 15 is 0 Å². The molecule has 8 heteroatoms. The molecular weight excluding hydrogens is 414 g/mol. The van der Waals surface area contributed by atoms with Gasteiger partial charge in [0, 0.05) is 26.2 Å². The second-order valence-corrected chi connectivity index (χ2v) is 8.90. The van der Waals surface area contributed by atoms with Gasteiger partial charge < -0.3 is 24.0 Å². The first-order valence-corrected chi connectivity index (χ1v) is 11.1. The number of fused-ring (bicyclic) bond motifs is 2. The second kappa shape index (κ2) is 7.92. The van der Waals surface area contributed by atoms with Crippen LogP contribution in [0.2, 0.25) is 0 Å². The van der Waals surface area contributed by atoms with Crippen molar-refractivity contribution in [2.24, 2.45) is 5.92 Å². The van der Waals surface area contributed by atoms with Crippen LogP contribution in [0.3, 0.4) is 0 Å². The van der Waals surface area contributed by atoms with Gasteiger partial charge in [0.25, 0.3) is 0 Å². The third-order valence-electron chi connectivity index (χ3n) is 6.12. The molecule has 2 aromatic carbocycles. The molecule has 1 saturated heterocycles. The summed E-state index contributed by atoms with van der Waals surface area (Å²) in [6.07, 6.45) is 0.829. The van der Waals surface area contributed by atoms with Crippen LogP contribution in [0, 0.1) is 5.92 Å². The van der Waals surface area contributed by atoms with E-state index in [1.807, 2.05) is 29.2 Å². The summed E-state index contributed by atoms with van der Waals surface area (Å²) < 4.78 is 17.4. The fraction of sp³-hybridized carbons (Fsp3) is 0.391. The lowest BCUT2D eigenvalue weighted by Crippen LogP contribution is -2.55. The Morgan fingerprint density at radius 2 is 1.74 bits per heavy atom. The minimum atomic E-state index is 0.00982. The van der Waals surface area contributed by atoms with Gasteiger partial charge >= 0.3 is 0 Å². The number of carbonyl (C=O) groups is 1. The maximum atomic E-state index is 13.1. The van der Waals surface area contributed by atoms with Crippen molar-refractivity contribution in [1.29, 1.82) is 0 Å². The second-order valence-electron chi connectivity index (χ2n) is 7.89.